The summed E-state index contributed by atoms with van der Waals surface area (Å²) < 4.78 is 5.96. The first-order valence-corrected chi connectivity index (χ1v) is 8.39. The summed E-state index contributed by atoms with van der Waals surface area (Å²) in [6.07, 6.45) is 2.86. The summed E-state index contributed by atoms with van der Waals surface area (Å²) in [7, 11) is 1.57. The maximum atomic E-state index is 11.8. The molecular formula is C14H20BrNO4S. The molecule has 7 heteroatoms. The molecule has 21 heavy (non-hydrogen) atoms. The van der Waals surface area contributed by atoms with Crippen LogP contribution in [0, 0.1) is 0 Å². The molecule has 0 bridgehead atoms. The lowest BCUT2D eigenvalue weighted by Crippen LogP contribution is -2.40. The average Bonchev–Trinajstić information content (AvgIpc) is 2.83. The lowest BCUT2D eigenvalue weighted by Gasteiger charge is -2.14. The number of carboxylic acid groups (broad SMARTS) is 1. The lowest BCUT2D eigenvalue weighted by molar-refractivity contribution is -0.142. The second-order valence-electron chi connectivity index (χ2n) is 4.65. The molecule has 1 aromatic rings. The van der Waals surface area contributed by atoms with Gasteiger partial charge in [-0.2, -0.15) is 0 Å². The summed E-state index contributed by atoms with van der Waals surface area (Å²) in [6.45, 7) is 0.493. The molecule has 0 aliphatic heterocycles. The van der Waals surface area contributed by atoms with Gasteiger partial charge in [0.25, 0.3) is 0 Å². The van der Waals surface area contributed by atoms with E-state index in [1.807, 2.05) is 12.1 Å². The number of thiophene rings is 1. The smallest absolute Gasteiger partial charge is 0.326 e. The third kappa shape index (κ3) is 7.59. The van der Waals surface area contributed by atoms with E-state index in [2.05, 4.69) is 21.2 Å². The van der Waals surface area contributed by atoms with E-state index in [1.54, 1.807) is 18.4 Å². The Labute approximate surface area is 136 Å². The Morgan fingerprint density at radius 1 is 1.43 bits per heavy atom. The molecule has 118 valence electrons. The molecule has 1 atom stereocenters. The van der Waals surface area contributed by atoms with Crippen LogP contribution in [-0.4, -0.2) is 36.7 Å². The molecule has 0 fully saturated rings. The number of nitrogens with one attached hydrogen (secondary N) is 1. The van der Waals surface area contributed by atoms with Gasteiger partial charge >= 0.3 is 5.97 Å². The Morgan fingerprint density at radius 2 is 2.19 bits per heavy atom. The van der Waals surface area contributed by atoms with Crippen LogP contribution in [0.5, 0.6) is 0 Å². The highest BCUT2D eigenvalue weighted by Gasteiger charge is 2.19. The molecule has 1 unspecified atom stereocenters. The van der Waals surface area contributed by atoms with Crippen LogP contribution in [0.3, 0.4) is 0 Å². The van der Waals surface area contributed by atoms with Crippen molar-refractivity contribution in [1.82, 2.24) is 5.32 Å². The minimum atomic E-state index is -0.998. The first-order chi connectivity index (χ1) is 10.0. The molecule has 0 saturated carbocycles. The fourth-order valence-electron chi connectivity index (χ4n) is 1.86. The zero-order valence-electron chi connectivity index (χ0n) is 11.9. The minimum Gasteiger partial charge on any atom is -0.480 e. The fourth-order valence-corrected chi connectivity index (χ4v) is 3.39. The van der Waals surface area contributed by atoms with Gasteiger partial charge < -0.3 is 15.2 Å². The highest BCUT2D eigenvalue weighted by molar-refractivity contribution is 9.11. The van der Waals surface area contributed by atoms with Crippen LogP contribution in [0.2, 0.25) is 0 Å². The van der Waals surface area contributed by atoms with E-state index in [0.717, 1.165) is 10.2 Å². The zero-order valence-corrected chi connectivity index (χ0v) is 14.3. The van der Waals surface area contributed by atoms with Gasteiger partial charge in [0.05, 0.1) is 3.79 Å². The Balaban J connectivity index is 2.27. The van der Waals surface area contributed by atoms with E-state index < -0.39 is 12.0 Å². The van der Waals surface area contributed by atoms with E-state index >= 15 is 0 Å². The van der Waals surface area contributed by atoms with Crippen LogP contribution in [0.4, 0.5) is 0 Å². The summed E-state index contributed by atoms with van der Waals surface area (Å²) >= 11 is 5.04. The summed E-state index contributed by atoms with van der Waals surface area (Å²) in [5.41, 5.74) is 0. The highest BCUT2D eigenvalue weighted by atomic mass is 79.9. The standard InChI is InChI=1S/C14H20BrNO4S/c1-20-9-3-5-11(14(18)19)16-13(17)6-2-4-10-7-8-12(15)21-10/h7-8,11H,2-6,9H2,1H3,(H,16,17)(H,18,19). The van der Waals surface area contributed by atoms with E-state index in [-0.39, 0.29) is 5.91 Å². The second-order valence-corrected chi connectivity index (χ2v) is 7.20. The Hall–Kier alpha value is -0.920. The van der Waals surface area contributed by atoms with Gasteiger partial charge in [0.2, 0.25) is 5.91 Å². The molecule has 5 nitrogen and oxygen atoms in total. The molecule has 0 radical (unpaired) electrons. The number of aryl methyl sites for hydroxylation is 1. The predicted octanol–water partition coefficient (Wildman–Crippen LogP) is 2.83. The molecule has 1 heterocycles. The van der Waals surface area contributed by atoms with Gasteiger partial charge in [0.1, 0.15) is 6.04 Å². The van der Waals surface area contributed by atoms with Crippen molar-refractivity contribution in [3.63, 3.8) is 0 Å². The van der Waals surface area contributed by atoms with Crippen molar-refractivity contribution in [2.24, 2.45) is 0 Å². The van der Waals surface area contributed by atoms with Crippen molar-refractivity contribution in [1.29, 1.82) is 0 Å². The summed E-state index contributed by atoms with van der Waals surface area (Å²) in [6, 6.07) is 3.18. The van der Waals surface area contributed by atoms with Gasteiger partial charge in [-0.15, -0.1) is 11.3 Å². The van der Waals surface area contributed by atoms with E-state index in [0.29, 0.717) is 32.3 Å². The molecule has 0 aliphatic rings. The highest BCUT2D eigenvalue weighted by Crippen LogP contribution is 2.23. The number of methoxy groups -OCH3 is 1. The molecule has 2 N–H and O–H groups in total. The van der Waals surface area contributed by atoms with Gasteiger partial charge in [-0.05, 0) is 53.7 Å². The molecule has 1 amide bonds. The zero-order chi connectivity index (χ0) is 15.7. The Bertz CT molecular complexity index is 464. The molecule has 1 rings (SSSR count). The average molecular weight is 378 g/mol. The predicted molar refractivity (Wildman–Crippen MR) is 85.6 cm³/mol. The summed E-state index contributed by atoms with van der Waals surface area (Å²) in [5.74, 6) is -1.21. The number of aliphatic carboxylic acids is 1. The number of carbonyl (C=O) groups is 2. The van der Waals surface area contributed by atoms with Crippen LogP contribution < -0.4 is 5.32 Å². The van der Waals surface area contributed by atoms with Crippen LogP contribution in [0.15, 0.2) is 15.9 Å². The molecular weight excluding hydrogens is 358 g/mol. The molecule has 0 saturated heterocycles. The second kappa shape index (κ2) is 9.92. The topological polar surface area (TPSA) is 75.6 Å². The monoisotopic (exact) mass is 377 g/mol. The van der Waals surface area contributed by atoms with Crippen molar-refractivity contribution in [3.8, 4) is 0 Å². The number of hydrogen-bond acceptors (Lipinski definition) is 4. The van der Waals surface area contributed by atoms with Crippen LogP contribution in [-0.2, 0) is 20.7 Å². The first kappa shape index (κ1) is 18.1. The number of halogens is 1. The lowest BCUT2D eigenvalue weighted by atomic mass is 10.1. The van der Waals surface area contributed by atoms with Crippen molar-refractivity contribution < 1.29 is 19.4 Å². The van der Waals surface area contributed by atoms with Crippen LogP contribution in [0.1, 0.15) is 30.6 Å². The largest absolute Gasteiger partial charge is 0.480 e. The third-order valence-corrected chi connectivity index (χ3v) is 4.61. The Morgan fingerprint density at radius 3 is 2.76 bits per heavy atom. The number of amides is 1. The van der Waals surface area contributed by atoms with E-state index in [9.17, 15) is 9.59 Å². The van der Waals surface area contributed by atoms with E-state index in [4.69, 9.17) is 9.84 Å². The normalized spacial score (nSPS) is 12.1. The number of carboxylic acids is 1. The molecule has 1 aromatic heterocycles. The van der Waals surface area contributed by atoms with Crippen molar-refractivity contribution in [2.45, 2.75) is 38.1 Å². The van der Waals surface area contributed by atoms with Gasteiger partial charge in [-0.25, -0.2) is 4.79 Å². The Kier molecular flexibility index (Phi) is 8.56. The third-order valence-electron chi connectivity index (χ3n) is 2.93. The molecule has 0 spiro atoms. The van der Waals surface area contributed by atoms with Crippen molar-refractivity contribution >= 4 is 39.1 Å². The van der Waals surface area contributed by atoms with Gasteiger partial charge in [-0.3, -0.25) is 4.79 Å². The fraction of sp³-hybridized carbons (Fsp3) is 0.571. The summed E-state index contributed by atoms with van der Waals surface area (Å²) in [4.78, 5) is 24.1. The summed E-state index contributed by atoms with van der Waals surface area (Å²) in [5, 5.41) is 11.6. The van der Waals surface area contributed by atoms with Gasteiger partial charge in [-0.1, -0.05) is 0 Å². The van der Waals surface area contributed by atoms with Gasteiger partial charge in [0.15, 0.2) is 0 Å². The number of carbonyl (C=O) groups excluding carboxylic acids is 1. The minimum absolute atomic E-state index is 0.213. The molecule has 0 aromatic carbocycles. The van der Waals surface area contributed by atoms with Crippen molar-refractivity contribution in [2.75, 3.05) is 13.7 Å². The van der Waals surface area contributed by atoms with Gasteiger partial charge in [0, 0.05) is 25.0 Å². The quantitative estimate of drug-likeness (QED) is 0.614. The SMILES string of the molecule is COCCCC(NC(=O)CCCc1ccc(Br)s1)C(=O)O. The first-order valence-electron chi connectivity index (χ1n) is 6.78. The maximum Gasteiger partial charge on any atom is 0.326 e. The van der Waals surface area contributed by atoms with Crippen LogP contribution in [0.25, 0.3) is 0 Å². The van der Waals surface area contributed by atoms with E-state index in [1.165, 1.54) is 4.88 Å². The number of rotatable bonds is 10. The van der Waals surface area contributed by atoms with Crippen LogP contribution >= 0.6 is 27.3 Å². The maximum absolute atomic E-state index is 11.8. The number of ether oxygens (including phenoxy) is 1. The molecule has 0 aliphatic carbocycles. The van der Waals surface area contributed by atoms with Crippen molar-refractivity contribution in [3.05, 3.63) is 20.8 Å². The number of hydrogen-bond donors (Lipinski definition) is 2.